The van der Waals surface area contributed by atoms with Crippen molar-refractivity contribution in [2.45, 2.75) is 70.2 Å². The number of aliphatic hydroxyl groups is 2. The van der Waals surface area contributed by atoms with Crippen LogP contribution >= 0.6 is 0 Å². The summed E-state index contributed by atoms with van der Waals surface area (Å²) in [6.07, 6.45) is -3.93. The van der Waals surface area contributed by atoms with Crippen LogP contribution in [0.3, 0.4) is 0 Å². The number of aliphatic hydroxyl groups excluding tert-OH is 2. The Morgan fingerprint density at radius 3 is 2.32 bits per heavy atom. The Bertz CT molecular complexity index is 1020. The van der Waals surface area contributed by atoms with Crippen LogP contribution in [0.2, 0.25) is 0 Å². The maximum atomic E-state index is 12.1. The molecule has 0 aromatic heterocycles. The third-order valence-electron chi connectivity index (χ3n) is 5.27. The number of benzene rings is 1. The Kier molecular flexibility index (Phi) is 11.7. The number of carbonyl (C=O) groups is 3. The summed E-state index contributed by atoms with van der Waals surface area (Å²) in [7, 11) is -4.84. The van der Waals surface area contributed by atoms with Crippen LogP contribution in [0.4, 0.5) is 5.69 Å². The van der Waals surface area contributed by atoms with Crippen molar-refractivity contribution < 1.29 is 51.2 Å². The van der Waals surface area contributed by atoms with E-state index in [4.69, 9.17) is 14.0 Å². The summed E-state index contributed by atoms with van der Waals surface area (Å²) in [6, 6.07) is 4.75. The molecule has 2 rings (SSSR count). The molecule has 15 heteroatoms. The number of hydrogen-bond donors (Lipinski definition) is 6. The molecular weight excluding hydrogens is 514 g/mol. The molecule has 6 N–H and O–H groups in total. The minimum absolute atomic E-state index is 0.0810. The standard InChI is InChI=1S/C22H33N3O11S/c1-3-4-5-17(27)23-11-10-18(28)25-14-6-8-15(9-7-14)35-22-19(24-13(2)26)21(30)20(29)16(36-22)12-34-37(31,32)33/h6-9,16,19-22,29-30H,3-5,10-12H2,1-2H3,(H,23,27)(H,24,26)(H,25,28)(H,31,32,33). The Hall–Kier alpha value is -2.82. The molecule has 5 atom stereocenters. The Balaban J connectivity index is 1.98. The van der Waals surface area contributed by atoms with Gasteiger partial charge in [0.05, 0.1) is 6.61 Å². The summed E-state index contributed by atoms with van der Waals surface area (Å²) in [6.45, 7) is 2.54. The zero-order chi connectivity index (χ0) is 27.6. The molecule has 0 aliphatic carbocycles. The van der Waals surface area contributed by atoms with Crippen LogP contribution in [0.1, 0.15) is 39.5 Å². The maximum absolute atomic E-state index is 12.1. The van der Waals surface area contributed by atoms with E-state index in [-0.39, 0.29) is 30.5 Å². The van der Waals surface area contributed by atoms with Crippen molar-refractivity contribution >= 4 is 33.8 Å². The van der Waals surface area contributed by atoms with Crippen molar-refractivity contribution in [2.24, 2.45) is 0 Å². The fourth-order valence-corrected chi connectivity index (χ4v) is 3.73. The van der Waals surface area contributed by atoms with E-state index in [0.29, 0.717) is 12.1 Å². The fourth-order valence-electron chi connectivity index (χ4n) is 3.43. The van der Waals surface area contributed by atoms with Gasteiger partial charge < -0.3 is 35.6 Å². The van der Waals surface area contributed by atoms with E-state index in [9.17, 15) is 33.0 Å². The summed E-state index contributed by atoms with van der Waals surface area (Å²) >= 11 is 0. The molecule has 1 aliphatic heterocycles. The van der Waals surface area contributed by atoms with Gasteiger partial charge in [0.25, 0.3) is 0 Å². The first-order valence-electron chi connectivity index (χ1n) is 11.6. The largest absolute Gasteiger partial charge is 0.463 e. The van der Waals surface area contributed by atoms with Crippen LogP contribution in [0.5, 0.6) is 5.75 Å². The number of amides is 3. The second-order valence-corrected chi connectivity index (χ2v) is 9.45. The zero-order valence-corrected chi connectivity index (χ0v) is 21.3. The molecule has 1 saturated heterocycles. The van der Waals surface area contributed by atoms with Gasteiger partial charge in [-0.1, -0.05) is 13.3 Å². The first-order chi connectivity index (χ1) is 17.4. The molecule has 0 bridgehead atoms. The lowest BCUT2D eigenvalue weighted by molar-refractivity contribution is -0.242. The summed E-state index contributed by atoms with van der Waals surface area (Å²) < 4.78 is 46.0. The molecule has 14 nitrogen and oxygen atoms in total. The lowest BCUT2D eigenvalue weighted by atomic mass is 9.97. The third kappa shape index (κ3) is 10.6. The highest BCUT2D eigenvalue weighted by molar-refractivity contribution is 7.80. The van der Waals surface area contributed by atoms with E-state index >= 15 is 0 Å². The molecule has 1 aromatic carbocycles. The molecule has 1 aromatic rings. The smallest absolute Gasteiger partial charge is 0.397 e. The first kappa shape index (κ1) is 30.4. The highest BCUT2D eigenvalue weighted by Crippen LogP contribution is 2.26. The zero-order valence-electron chi connectivity index (χ0n) is 20.5. The Morgan fingerprint density at radius 2 is 1.73 bits per heavy atom. The van der Waals surface area contributed by atoms with Gasteiger partial charge in [-0.3, -0.25) is 18.9 Å². The number of anilines is 1. The van der Waals surface area contributed by atoms with E-state index in [1.807, 2.05) is 6.92 Å². The minimum Gasteiger partial charge on any atom is -0.463 e. The Morgan fingerprint density at radius 1 is 1.05 bits per heavy atom. The van der Waals surface area contributed by atoms with Gasteiger partial charge in [-0.25, -0.2) is 4.18 Å². The lowest BCUT2D eigenvalue weighted by Gasteiger charge is -2.42. The molecule has 0 saturated carbocycles. The third-order valence-corrected chi connectivity index (χ3v) is 5.71. The molecule has 1 aliphatic rings. The van der Waals surface area contributed by atoms with Crippen molar-refractivity contribution in [1.29, 1.82) is 0 Å². The van der Waals surface area contributed by atoms with Gasteiger partial charge in [0.1, 0.15) is 30.1 Å². The predicted molar refractivity (Wildman–Crippen MR) is 129 cm³/mol. The quantitative estimate of drug-likeness (QED) is 0.173. The molecule has 5 unspecified atom stereocenters. The lowest BCUT2D eigenvalue weighted by Crippen LogP contribution is -2.65. The average molecular weight is 548 g/mol. The maximum Gasteiger partial charge on any atom is 0.397 e. The van der Waals surface area contributed by atoms with E-state index in [0.717, 1.165) is 12.8 Å². The second kappa shape index (κ2) is 14.2. The summed E-state index contributed by atoms with van der Waals surface area (Å²) in [5.74, 6) is -0.784. The number of hydrogen-bond acceptors (Lipinski definition) is 10. The number of ether oxygens (including phenoxy) is 2. The molecule has 1 heterocycles. The molecule has 1 fully saturated rings. The molecule has 3 amide bonds. The van der Waals surface area contributed by atoms with Gasteiger partial charge in [-0.05, 0) is 30.7 Å². The van der Waals surface area contributed by atoms with Crippen LogP contribution < -0.4 is 20.7 Å². The Labute approximate surface area is 214 Å². The van der Waals surface area contributed by atoms with Gasteiger partial charge in [0.2, 0.25) is 24.0 Å². The van der Waals surface area contributed by atoms with Crippen LogP contribution in [-0.2, 0) is 33.7 Å². The fraction of sp³-hybridized carbons (Fsp3) is 0.591. The van der Waals surface area contributed by atoms with E-state index in [1.54, 1.807) is 0 Å². The molecular formula is C22H33N3O11S. The topological polar surface area (TPSA) is 210 Å². The van der Waals surface area contributed by atoms with Crippen molar-refractivity contribution in [3.8, 4) is 5.75 Å². The van der Waals surface area contributed by atoms with Crippen molar-refractivity contribution in [1.82, 2.24) is 10.6 Å². The highest BCUT2D eigenvalue weighted by Gasteiger charge is 2.46. The number of rotatable bonds is 13. The summed E-state index contributed by atoms with van der Waals surface area (Å²) in [5, 5.41) is 28.5. The predicted octanol–water partition coefficient (Wildman–Crippen LogP) is -0.529. The average Bonchev–Trinajstić information content (AvgIpc) is 2.82. The van der Waals surface area contributed by atoms with Crippen molar-refractivity contribution in [3.05, 3.63) is 24.3 Å². The minimum atomic E-state index is -4.84. The molecule has 208 valence electrons. The van der Waals surface area contributed by atoms with Crippen LogP contribution in [0.15, 0.2) is 24.3 Å². The van der Waals surface area contributed by atoms with E-state index in [1.165, 1.54) is 31.2 Å². The van der Waals surface area contributed by atoms with Crippen molar-refractivity contribution in [3.63, 3.8) is 0 Å². The van der Waals surface area contributed by atoms with E-state index in [2.05, 4.69) is 20.1 Å². The molecule has 37 heavy (non-hydrogen) atoms. The van der Waals surface area contributed by atoms with Gasteiger partial charge in [0.15, 0.2) is 0 Å². The number of nitrogens with one attached hydrogen (secondary N) is 3. The van der Waals surface area contributed by atoms with Crippen LogP contribution in [-0.4, -0.2) is 84.7 Å². The van der Waals surface area contributed by atoms with Crippen LogP contribution in [0.25, 0.3) is 0 Å². The van der Waals surface area contributed by atoms with Crippen LogP contribution in [0, 0.1) is 0 Å². The molecule has 0 spiro atoms. The molecule has 0 radical (unpaired) electrons. The van der Waals surface area contributed by atoms with Gasteiger partial charge in [-0.15, -0.1) is 0 Å². The van der Waals surface area contributed by atoms with Gasteiger partial charge >= 0.3 is 10.4 Å². The van der Waals surface area contributed by atoms with Gasteiger partial charge in [0, 0.05) is 32.0 Å². The monoisotopic (exact) mass is 547 g/mol. The number of carbonyl (C=O) groups excluding carboxylic acids is 3. The highest BCUT2D eigenvalue weighted by atomic mass is 32.3. The van der Waals surface area contributed by atoms with Gasteiger partial charge in [-0.2, -0.15) is 8.42 Å². The van der Waals surface area contributed by atoms with Crippen molar-refractivity contribution in [2.75, 3.05) is 18.5 Å². The number of unbranched alkanes of at least 4 members (excludes halogenated alkanes) is 1. The first-order valence-corrected chi connectivity index (χ1v) is 13.0. The summed E-state index contributed by atoms with van der Waals surface area (Å²) in [4.78, 5) is 35.3. The summed E-state index contributed by atoms with van der Waals surface area (Å²) in [5.41, 5.74) is 0.438. The SMILES string of the molecule is CCCCC(=O)NCCC(=O)Nc1ccc(OC2OC(COS(=O)(=O)O)C(O)C(O)C2NC(C)=O)cc1. The normalized spacial score (nSPS) is 23.6. The second-order valence-electron chi connectivity index (χ2n) is 8.36. The van der Waals surface area contributed by atoms with E-state index < -0.39 is 53.6 Å².